The summed E-state index contributed by atoms with van der Waals surface area (Å²) in [5.74, 6) is -1.51. The minimum Gasteiger partial charge on any atom is -0.383 e. The summed E-state index contributed by atoms with van der Waals surface area (Å²) >= 11 is 12.2. The van der Waals surface area contributed by atoms with Crippen LogP contribution in [0.4, 0.5) is 10.2 Å². The smallest absolute Gasteiger partial charge is 0.165 e. The van der Waals surface area contributed by atoms with Crippen molar-refractivity contribution < 1.29 is 23.7 Å². The summed E-state index contributed by atoms with van der Waals surface area (Å²) < 4.78 is 34.7. The molecule has 2 aliphatic rings. The zero-order valence-corrected chi connectivity index (χ0v) is 18.9. The van der Waals surface area contributed by atoms with Crippen molar-refractivity contribution in [3.8, 4) is 0 Å². The van der Waals surface area contributed by atoms with E-state index in [9.17, 15) is 9.50 Å². The molecule has 0 bridgehead atoms. The average Bonchev–Trinajstić information content (AvgIpc) is 3.32. The number of halogens is 3. The SMILES string of the molecule is CC1(C)O[C@@H]2[C@H](O1)[C@@H](C(C)(O)c1ccc(Cl)c(Cl)c1)O[C@H]2n1cc(F)c2c(N)ncnc21. The molecular weight excluding hydrogens is 462 g/mol. The maximum Gasteiger partial charge on any atom is 0.165 e. The largest absolute Gasteiger partial charge is 0.383 e. The van der Waals surface area contributed by atoms with Crippen LogP contribution in [0.5, 0.6) is 0 Å². The van der Waals surface area contributed by atoms with Gasteiger partial charge in [0.2, 0.25) is 0 Å². The molecule has 4 heterocycles. The second-order valence-corrected chi connectivity index (χ2v) is 9.44. The molecule has 2 saturated heterocycles. The van der Waals surface area contributed by atoms with E-state index in [0.717, 1.165) is 0 Å². The summed E-state index contributed by atoms with van der Waals surface area (Å²) in [5.41, 5.74) is 5.05. The molecule has 2 aromatic heterocycles. The van der Waals surface area contributed by atoms with Gasteiger partial charge in [-0.15, -0.1) is 0 Å². The number of ether oxygens (including phenoxy) is 3. The van der Waals surface area contributed by atoms with Gasteiger partial charge in [-0.25, -0.2) is 14.4 Å². The highest BCUT2D eigenvalue weighted by molar-refractivity contribution is 6.42. The van der Waals surface area contributed by atoms with Crippen LogP contribution >= 0.6 is 23.2 Å². The molecule has 0 radical (unpaired) electrons. The first-order chi connectivity index (χ1) is 15.0. The summed E-state index contributed by atoms with van der Waals surface area (Å²) in [6.45, 7) is 5.13. The van der Waals surface area contributed by atoms with Crippen LogP contribution in [0.15, 0.2) is 30.7 Å². The molecule has 2 fully saturated rings. The van der Waals surface area contributed by atoms with Crippen molar-refractivity contribution in [2.45, 2.75) is 56.7 Å². The van der Waals surface area contributed by atoms with E-state index in [1.54, 1.807) is 39.0 Å². The Morgan fingerprint density at radius 1 is 1.19 bits per heavy atom. The Morgan fingerprint density at radius 3 is 2.62 bits per heavy atom. The van der Waals surface area contributed by atoms with Gasteiger partial charge < -0.3 is 29.6 Å². The van der Waals surface area contributed by atoms with Crippen LogP contribution in [0, 0.1) is 5.82 Å². The quantitative estimate of drug-likeness (QED) is 0.584. The lowest BCUT2D eigenvalue weighted by atomic mass is 9.87. The van der Waals surface area contributed by atoms with E-state index in [1.165, 1.54) is 17.1 Å². The highest BCUT2D eigenvalue weighted by Gasteiger charge is 2.61. The van der Waals surface area contributed by atoms with E-state index < -0.39 is 41.7 Å². The van der Waals surface area contributed by atoms with Gasteiger partial charge in [0.1, 0.15) is 36.1 Å². The number of rotatable bonds is 3. The Bertz CT molecular complexity index is 1220. The summed E-state index contributed by atoms with van der Waals surface area (Å²) in [7, 11) is 0. The molecule has 2 aliphatic heterocycles. The fraction of sp³-hybridized carbons (Fsp3) is 0.429. The minimum absolute atomic E-state index is 0.0177. The third kappa shape index (κ3) is 3.27. The molecule has 170 valence electrons. The van der Waals surface area contributed by atoms with Crippen LogP contribution in [0.1, 0.15) is 32.6 Å². The Balaban J connectivity index is 1.60. The molecule has 3 aromatic rings. The van der Waals surface area contributed by atoms with E-state index in [4.69, 9.17) is 43.1 Å². The number of aromatic nitrogens is 3. The van der Waals surface area contributed by atoms with Crippen molar-refractivity contribution in [2.24, 2.45) is 0 Å². The van der Waals surface area contributed by atoms with Crippen LogP contribution in [-0.4, -0.2) is 43.7 Å². The van der Waals surface area contributed by atoms with Crippen LogP contribution in [-0.2, 0) is 19.8 Å². The number of nitrogen functional groups attached to an aromatic ring is 1. The number of nitrogens with zero attached hydrogens (tertiary/aromatic N) is 3. The van der Waals surface area contributed by atoms with Gasteiger partial charge in [0.15, 0.2) is 23.5 Å². The van der Waals surface area contributed by atoms with Gasteiger partial charge in [0.25, 0.3) is 0 Å². The van der Waals surface area contributed by atoms with Crippen molar-refractivity contribution >= 4 is 40.1 Å². The highest BCUT2D eigenvalue weighted by atomic mass is 35.5. The zero-order chi connectivity index (χ0) is 23.0. The van der Waals surface area contributed by atoms with Gasteiger partial charge in [-0.05, 0) is 38.5 Å². The van der Waals surface area contributed by atoms with Gasteiger partial charge in [0.05, 0.1) is 15.4 Å². The molecule has 32 heavy (non-hydrogen) atoms. The molecule has 11 heteroatoms. The average molecular weight is 483 g/mol. The molecule has 0 spiro atoms. The number of aliphatic hydroxyl groups is 1. The van der Waals surface area contributed by atoms with Crippen molar-refractivity contribution in [1.29, 1.82) is 0 Å². The molecule has 0 aliphatic carbocycles. The van der Waals surface area contributed by atoms with E-state index in [2.05, 4.69) is 9.97 Å². The van der Waals surface area contributed by atoms with E-state index in [-0.39, 0.29) is 16.9 Å². The number of hydrogen-bond donors (Lipinski definition) is 2. The topological polar surface area (TPSA) is 105 Å². The fourth-order valence-electron chi connectivity index (χ4n) is 4.48. The third-order valence-corrected chi connectivity index (χ3v) is 6.69. The molecule has 5 rings (SSSR count). The first kappa shape index (κ1) is 21.8. The Morgan fingerprint density at radius 2 is 1.91 bits per heavy atom. The molecule has 3 N–H and O–H groups in total. The second kappa shape index (κ2) is 7.24. The fourth-order valence-corrected chi connectivity index (χ4v) is 4.78. The van der Waals surface area contributed by atoms with Crippen LogP contribution in [0.25, 0.3) is 11.0 Å². The molecule has 1 unspecified atom stereocenters. The maximum atomic E-state index is 14.7. The third-order valence-electron chi connectivity index (χ3n) is 5.95. The number of anilines is 1. The standard InChI is InChI=1S/C21H21Cl2FN4O4/c1-20(2)31-14-15(32-20)19(28-7-12(24)13-17(25)26-8-27-18(13)28)30-16(14)21(3,29)9-4-5-10(22)11(23)6-9/h4-8,14-16,19,29H,1-3H3,(H2,25,26,27)/t14-,15+,16-,19+,21?/m0/s1. The summed E-state index contributed by atoms with van der Waals surface area (Å²) in [5, 5.41) is 12.3. The van der Waals surface area contributed by atoms with Gasteiger partial charge in [-0.2, -0.15) is 0 Å². The molecule has 1 aromatic carbocycles. The summed E-state index contributed by atoms with van der Waals surface area (Å²) in [6, 6.07) is 4.84. The van der Waals surface area contributed by atoms with Crippen LogP contribution in [0.2, 0.25) is 10.0 Å². The normalized spacial score (nSPS) is 28.7. The van der Waals surface area contributed by atoms with Crippen molar-refractivity contribution in [3.05, 3.63) is 52.1 Å². The van der Waals surface area contributed by atoms with Crippen molar-refractivity contribution in [3.63, 3.8) is 0 Å². The lowest BCUT2D eigenvalue weighted by Crippen LogP contribution is -2.45. The van der Waals surface area contributed by atoms with Gasteiger partial charge >= 0.3 is 0 Å². The summed E-state index contributed by atoms with van der Waals surface area (Å²) in [4.78, 5) is 8.05. The van der Waals surface area contributed by atoms with Gasteiger partial charge in [-0.3, -0.25) is 0 Å². The first-order valence-electron chi connectivity index (χ1n) is 9.95. The van der Waals surface area contributed by atoms with Crippen molar-refractivity contribution in [1.82, 2.24) is 14.5 Å². The van der Waals surface area contributed by atoms with Crippen LogP contribution in [0.3, 0.4) is 0 Å². The van der Waals surface area contributed by atoms with E-state index in [1.807, 2.05) is 0 Å². The molecule has 0 amide bonds. The second-order valence-electron chi connectivity index (χ2n) is 8.63. The lowest BCUT2D eigenvalue weighted by Gasteiger charge is -2.34. The number of nitrogens with two attached hydrogens (primary N) is 1. The zero-order valence-electron chi connectivity index (χ0n) is 17.4. The van der Waals surface area contributed by atoms with Crippen LogP contribution < -0.4 is 5.73 Å². The molecule has 8 nitrogen and oxygen atoms in total. The molecular formula is C21H21Cl2FN4O4. The predicted molar refractivity (Wildman–Crippen MR) is 116 cm³/mol. The van der Waals surface area contributed by atoms with Gasteiger partial charge in [0, 0.05) is 6.20 Å². The molecule has 5 atom stereocenters. The lowest BCUT2D eigenvalue weighted by molar-refractivity contribution is -0.221. The Hall–Kier alpha value is -2.01. The maximum absolute atomic E-state index is 14.7. The number of hydrogen-bond acceptors (Lipinski definition) is 7. The summed E-state index contributed by atoms with van der Waals surface area (Å²) in [6.07, 6.45) is -0.560. The van der Waals surface area contributed by atoms with Gasteiger partial charge in [-0.1, -0.05) is 29.3 Å². The number of benzene rings is 1. The Labute approximate surface area is 193 Å². The predicted octanol–water partition coefficient (Wildman–Crippen LogP) is 3.78. The monoisotopic (exact) mass is 482 g/mol. The minimum atomic E-state index is -1.54. The van der Waals surface area contributed by atoms with E-state index >= 15 is 0 Å². The van der Waals surface area contributed by atoms with Crippen molar-refractivity contribution in [2.75, 3.05) is 5.73 Å². The Kier molecular flexibility index (Phi) is 4.94. The first-order valence-corrected chi connectivity index (χ1v) is 10.7. The van der Waals surface area contributed by atoms with E-state index in [0.29, 0.717) is 15.6 Å². The highest BCUT2D eigenvalue weighted by Crippen LogP contribution is 2.49. The molecule has 0 saturated carbocycles. The number of fused-ring (bicyclic) bond motifs is 2.